The highest BCUT2D eigenvalue weighted by atomic mass is 16.5. The first-order chi connectivity index (χ1) is 10.4. The molecule has 0 aliphatic carbocycles. The fourth-order valence-corrected chi connectivity index (χ4v) is 2.84. The van der Waals surface area contributed by atoms with Crippen LogP contribution in [0.15, 0.2) is 4.99 Å². The first kappa shape index (κ1) is 19.5. The van der Waals surface area contributed by atoms with Gasteiger partial charge in [-0.05, 0) is 18.8 Å². The van der Waals surface area contributed by atoms with Gasteiger partial charge in [0.2, 0.25) is 0 Å². The van der Waals surface area contributed by atoms with Gasteiger partial charge in [-0.25, -0.2) is 4.99 Å². The molecule has 1 unspecified atom stereocenters. The second-order valence-corrected chi connectivity index (χ2v) is 8.25. The maximum Gasteiger partial charge on any atom is 0.183 e. The van der Waals surface area contributed by atoms with Gasteiger partial charge in [0.05, 0.1) is 0 Å². The molecule has 2 nitrogen and oxygen atoms in total. The van der Waals surface area contributed by atoms with Gasteiger partial charge in [-0.2, -0.15) is 0 Å². The molecule has 0 aromatic carbocycles. The smallest absolute Gasteiger partial charge is 0.183 e. The van der Waals surface area contributed by atoms with Crippen molar-refractivity contribution < 1.29 is 4.74 Å². The first-order valence-electron chi connectivity index (χ1n) is 9.60. The van der Waals surface area contributed by atoms with E-state index in [9.17, 15) is 0 Å². The first-order valence-corrected chi connectivity index (χ1v) is 9.60. The van der Waals surface area contributed by atoms with Crippen molar-refractivity contribution in [3.63, 3.8) is 0 Å². The number of aliphatic imine (C=N–C) groups is 1. The third-order valence-corrected chi connectivity index (χ3v) is 5.25. The average Bonchev–Trinajstić information content (AvgIpc) is 2.84. The van der Waals surface area contributed by atoms with Crippen molar-refractivity contribution in [1.29, 1.82) is 0 Å². The van der Waals surface area contributed by atoms with Gasteiger partial charge >= 0.3 is 0 Å². The molecule has 1 aliphatic heterocycles. The molecule has 1 heterocycles. The van der Waals surface area contributed by atoms with E-state index in [2.05, 4.69) is 34.6 Å². The van der Waals surface area contributed by atoms with E-state index in [0.717, 1.165) is 18.9 Å². The monoisotopic (exact) mass is 309 g/mol. The molecule has 0 saturated heterocycles. The SMILES string of the molecule is CCCCCCCCCCCCC1=NC(C)(C(C)(C)C)CO1. The molecular formula is C20H39NO. The lowest BCUT2D eigenvalue weighted by Crippen LogP contribution is -2.39. The molecule has 0 spiro atoms. The molecule has 0 aromatic heterocycles. The minimum Gasteiger partial charge on any atom is -0.478 e. The Morgan fingerprint density at radius 1 is 0.909 bits per heavy atom. The summed E-state index contributed by atoms with van der Waals surface area (Å²) in [5.74, 6) is 0.997. The quantitative estimate of drug-likeness (QED) is 0.397. The number of ether oxygens (including phenoxy) is 1. The Morgan fingerprint density at radius 2 is 1.41 bits per heavy atom. The molecule has 2 heteroatoms. The van der Waals surface area contributed by atoms with Crippen LogP contribution in [-0.4, -0.2) is 18.0 Å². The van der Waals surface area contributed by atoms with Gasteiger partial charge in [0.15, 0.2) is 5.90 Å². The summed E-state index contributed by atoms with van der Waals surface area (Å²) in [5.41, 5.74) is 0.132. The van der Waals surface area contributed by atoms with Gasteiger partial charge in [-0.1, -0.05) is 85.5 Å². The molecule has 1 atom stereocenters. The van der Waals surface area contributed by atoms with Gasteiger partial charge in [0.1, 0.15) is 12.1 Å². The van der Waals surface area contributed by atoms with Crippen molar-refractivity contribution in [2.45, 2.75) is 111 Å². The van der Waals surface area contributed by atoms with E-state index in [4.69, 9.17) is 9.73 Å². The van der Waals surface area contributed by atoms with E-state index in [-0.39, 0.29) is 11.0 Å². The summed E-state index contributed by atoms with van der Waals surface area (Å²) < 4.78 is 5.83. The number of hydrogen-bond donors (Lipinski definition) is 0. The third kappa shape index (κ3) is 6.71. The predicted octanol–water partition coefficient (Wildman–Crippen LogP) is 6.53. The van der Waals surface area contributed by atoms with Crippen molar-refractivity contribution in [3.8, 4) is 0 Å². The van der Waals surface area contributed by atoms with Crippen molar-refractivity contribution in [2.75, 3.05) is 6.61 Å². The topological polar surface area (TPSA) is 21.6 Å². The predicted molar refractivity (Wildman–Crippen MR) is 97.7 cm³/mol. The summed E-state index contributed by atoms with van der Waals surface area (Å²) in [6.07, 6.45) is 14.8. The summed E-state index contributed by atoms with van der Waals surface area (Å²) in [4.78, 5) is 4.86. The van der Waals surface area contributed by atoms with Crippen LogP contribution in [0.5, 0.6) is 0 Å². The van der Waals surface area contributed by atoms with E-state index in [1.54, 1.807) is 0 Å². The maximum absolute atomic E-state index is 5.83. The summed E-state index contributed by atoms with van der Waals surface area (Å²) in [5, 5.41) is 0. The lowest BCUT2D eigenvalue weighted by atomic mass is 9.76. The average molecular weight is 310 g/mol. The summed E-state index contributed by atoms with van der Waals surface area (Å²) in [6.45, 7) is 12.0. The van der Waals surface area contributed by atoms with Crippen LogP contribution < -0.4 is 0 Å². The third-order valence-electron chi connectivity index (χ3n) is 5.25. The number of unbranched alkanes of at least 4 members (excludes halogenated alkanes) is 9. The lowest BCUT2D eigenvalue weighted by Gasteiger charge is -2.33. The van der Waals surface area contributed by atoms with Gasteiger partial charge in [-0.3, -0.25) is 0 Å². The van der Waals surface area contributed by atoms with Crippen molar-refractivity contribution in [3.05, 3.63) is 0 Å². The summed E-state index contributed by atoms with van der Waals surface area (Å²) in [7, 11) is 0. The van der Waals surface area contributed by atoms with Gasteiger partial charge in [0.25, 0.3) is 0 Å². The van der Waals surface area contributed by atoms with Crippen LogP contribution in [0.4, 0.5) is 0 Å². The van der Waals surface area contributed by atoms with Crippen LogP contribution in [0.25, 0.3) is 0 Å². The highest BCUT2D eigenvalue weighted by molar-refractivity contribution is 5.78. The Balaban J connectivity index is 2.03. The van der Waals surface area contributed by atoms with E-state index in [0.29, 0.717) is 0 Å². The Labute approximate surface area is 139 Å². The minimum atomic E-state index is -0.0409. The molecule has 0 radical (unpaired) electrons. The highest BCUT2D eigenvalue weighted by Gasteiger charge is 2.42. The molecular weight excluding hydrogens is 270 g/mol. The molecule has 0 saturated carbocycles. The van der Waals surface area contributed by atoms with E-state index >= 15 is 0 Å². The van der Waals surface area contributed by atoms with E-state index in [1.165, 1.54) is 64.2 Å². The molecule has 22 heavy (non-hydrogen) atoms. The van der Waals surface area contributed by atoms with Crippen LogP contribution in [0.2, 0.25) is 0 Å². The Hall–Kier alpha value is -0.530. The summed E-state index contributed by atoms with van der Waals surface area (Å²) in [6, 6.07) is 0. The normalized spacial score (nSPS) is 21.8. The molecule has 0 aromatic rings. The molecule has 1 aliphatic rings. The maximum atomic E-state index is 5.83. The van der Waals surface area contributed by atoms with Crippen LogP contribution in [0, 0.1) is 5.41 Å². The van der Waals surface area contributed by atoms with Crippen LogP contribution >= 0.6 is 0 Å². The van der Waals surface area contributed by atoms with Crippen LogP contribution in [0.1, 0.15) is 105 Å². The molecule has 0 fully saturated rings. The van der Waals surface area contributed by atoms with E-state index < -0.39 is 0 Å². The fourth-order valence-electron chi connectivity index (χ4n) is 2.84. The lowest BCUT2D eigenvalue weighted by molar-refractivity contribution is 0.153. The van der Waals surface area contributed by atoms with Gasteiger partial charge in [0, 0.05) is 6.42 Å². The zero-order chi connectivity index (χ0) is 16.5. The fraction of sp³-hybridized carbons (Fsp3) is 0.950. The van der Waals surface area contributed by atoms with Gasteiger partial charge in [-0.15, -0.1) is 0 Å². The highest BCUT2D eigenvalue weighted by Crippen LogP contribution is 2.37. The Kier molecular flexibility index (Phi) is 8.49. The molecule has 130 valence electrons. The number of rotatable bonds is 11. The zero-order valence-corrected chi connectivity index (χ0v) is 15.8. The van der Waals surface area contributed by atoms with Gasteiger partial charge < -0.3 is 4.74 Å². The van der Waals surface area contributed by atoms with Crippen molar-refractivity contribution in [1.82, 2.24) is 0 Å². The Bertz CT molecular complexity index is 329. The molecule has 0 amide bonds. The van der Waals surface area contributed by atoms with Crippen LogP contribution in [0.3, 0.4) is 0 Å². The molecule has 1 rings (SSSR count). The Morgan fingerprint density at radius 3 is 1.86 bits per heavy atom. The second kappa shape index (κ2) is 9.57. The van der Waals surface area contributed by atoms with E-state index in [1.807, 2.05) is 0 Å². The minimum absolute atomic E-state index is 0.0409. The second-order valence-electron chi connectivity index (χ2n) is 8.25. The molecule has 0 bridgehead atoms. The van der Waals surface area contributed by atoms with Crippen molar-refractivity contribution in [2.24, 2.45) is 10.4 Å². The number of nitrogens with zero attached hydrogens (tertiary/aromatic N) is 1. The zero-order valence-electron chi connectivity index (χ0n) is 15.8. The number of hydrogen-bond acceptors (Lipinski definition) is 2. The van der Waals surface area contributed by atoms with Crippen molar-refractivity contribution >= 4 is 5.90 Å². The van der Waals surface area contributed by atoms with Crippen LogP contribution in [-0.2, 0) is 4.74 Å². The molecule has 0 N–H and O–H groups in total. The largest absolute Gasteiger partial charge is 0.478 e. The summed E-state index contributed by atoms with van der Waals surface area (Å²) >= 11 is 0. The standard InChI is InChI=1S/C20H39NO/c1-6-7-8-9-10-11-12-13-14-15-16-18-21-20(5,17-22-18)19(2,3)4/h6-17H2,1-5H3.